The zero-order valence-corrected chi connectivity index (χ0v) is 16.4. The van der Waals surface area contributed by atoms with Gasteiger partial charge in [0.05, 0.1) is 0 Å². The van der Waals surface area contributed by atoms with E-state index in [1.165, 1.54) is 22.3 Å². The summed E-state index contributed by atoms with van der Waals surface area (Å²) < 4.78 is 0. The molecule has 0 saturated heterocycles. The van der Waals surface area contributed by atoms with Gasteiger partial charge in [0.2, 0.25) is 0 Å². The molecule has 0 spiro atoms. The highest BCUT2D eigenvalue weighted by Crippen LogP contribution is 2.41. The molecule has 28 heavy (non-hydrogen) atoms. The minimum atomic E-state index is -0.183. The number of nitrogens with two attached hydrogens (primary N) is 1. The largest absolute Gasteiger partial charge is 0.399 e. The fourth-order valence-electron chi connectivity index (χ4n) is 3.92. The van der Waals surface area contributed by atoms with Gasteiger partial charge in [-0.15, -0.1) is 0 Å². The first kappa shape index (κ1) is 18.1. The third-order valence-electron chi connectivity index (χ3n) is 5.46. The van der Waals surface area contributed by atoms with E-state index in [1.807, 2.05) is 12.1 Å². The van der Waals surface area contributed by atoms with E-state index < -0.39 is 0 Å². The number of allylic oxidation sites excluding steroid dienone is 3. The second-order valence-electron chi connectivity index (χ2n) is 7.65. The monoisotopic (exact) mass is 366 g/mol. The van der Waals surface area contributed by atoms with Crippen LogP contribution in [-0.4, -0.2) is 0 Å². The highest BCUT2D eigenvalue weighted by atomic mass is 14.9. The van der Waals surface area contributed by atoms with Gasteiger partial charge in [0.1, 0.15) is 0 Å². The summed E-state index contributed by atoms with van der Waals surface area (Å²) in [5.41, 5.74) is 13.9. The van der Waals surface area contributed by atoms with Crippen LogP contribution in [0.15, 0.2) is 96.7 Å². The summed E-state index contributed by atoms with van der Waals surface area (Å²) in [7, 11) is 0. The van der Waals surface area contributed by atoms with Crippen molar-refractivity contribution in [2.24, 2.45) is 0 Å². The third kappa shape index (κ3) is 3.59. The lowest BCUT2D eigenvalue weighted by Gasteiger charge is -2.34. The Kier molecular flexibility index (Phi) is 4.79. The standard InChI is InChI=1S/C26H26N2/c1-19-5-3-7-22(17-19)26(21-9-11-23(27)12-10-21)15-13-24(14-16-26)28-25-8-4-6-20(2)18-25/h3-15,17-18,28H,16,27H2,1-2H3. The van der Waals surface area contributed by atoms with Gasteiger partial charge in [0, 0.05) is 22.5 Å². The molecule has 0 heterocycles. The van der Waals surface area contributed by atoms with Crippen LogP contribution < -0.4 is 11.1 Å². The lowest BCUT2D eigenvalue weighted by molar-refractivity contribution is 0.643. The molecule has 140 valence electrons. The number of anilines is 2. The lowest BCUT2D eigenvalue weighted by Crippen LogP contribution is -2.27. The molecule has 1 aliphatic carbocycles. The van der Waals surface area contributed by atoms with E-state index >= 15 is 0 Å². The van der Waals surface area contributed by atoms with Gasteiger partial charge in [-0.2, -0.15) is 0 Å². The Balaban J connectivity index is 1.70. The second kappa shape index (κ2) is 7.40. The van der Waals surface area contributed by atoms with Crippen molar-refractivity contribution in [3.05, 3.63) is 119 Å². The summed E-state index contributed by atoms with van der Waals surface area (Å²) in [6, 6.07) is 25.5. The van der Waals surface area contributed by atoms with Crippen molar-refractivity contribution in [1.29, 1.82) is 0 Å². The smallest absolute Gasteiger partial charge is 0.0421 e. The molecule has 0 radical (unpaired) electrons. The average Bonchev–Trinajstić information content (AvgIpc) is 2.69. The fourth-order valence-corrected chi connectivity index (χ4v) is 3.92. The molecule has 4 rings (SSSR count). The molecule has 2 nitrogen and oxygen atoms in total. The van der Waals surface area contributed by atoms with Gasteiger partial charge in [0.15, 0.2) is 0 Å². The number of nitrogen functional groups attached to an aromatic ring is 1. The van der Waals surface area contributed by atoms with Gasteiger partial charge in [-0.3, -0.25) is 0 Å². The Labute approximate surface area is 167 Å². The van der Waals surface area contributed by atoms with Crippen LogP contribution in [0.1, 0.15) is 28.7 Å². The first-order chi connectivity index (χ1) is 13.5. The summed E-state index contributed by atoms with van der Waals surface area (Å²) in [6.07, 6.45) is 7.71. The summed E-state index contributed by atoms with van der Waals surface area (Å²) in [6.45, 7) is 4.26. The highest BCUT2D eigenvalue weighted by Gasteiger charge is 2.32. The average molecular weight is 367 g/mol. The molecule has 3 N–H and O–H groups in total. The topological polar surface area (TPSA) is 38.0 Å². The maximum absolute atomic E-state index is 5.94. The Morgan fingerprint density at radius 2 is 1.54 bits per heavy atom. The van der Waals surface area contributed by atoms with Crippen molar-refractivity contribution >= 4 is 11.4 Å². The van der Waals surface area contributed by atoms with Gasteiger partial charge in [-0.25, -0.2) is 0 Å². The zero-order valence-electron chi connectivity index (χ0n) is 16.4. The van der Waals surface area contributed by atoms with Gasteiger partial charge in [0.25, 0.3) is 0 Å². The predicted molar refractivity (Wildman–Crippen MR) is 119 cm³/mol. The zero-order chi connectivity index (χ0) is 19.6. The van der Waals surface area contributed by atoms with Crippen LogP contribution in [0, 0.1) is 13.8 Å². The van der Waals surface area contributed by atoms with Gasteiger partial charge in [-0.05, 0) is 67.3 Å². The van der Waals surface area contributed by atoms with E-state index in [9.17, 15) is 0 Å². The number of hydrogen-bond acceptors (Lipinski definition) is 2. The molecule has 2 heteroatoms. The molecule has 0 fully saturated rings. The highest BCUT2D eigenvalue weighted by molar-refractivity contribution is 5.57. The van der Waals surface area contributed by atoms with Crippen molar-refractivity contribution in [3.63, 3.8) is 0 Å². The fraction of sp³-hybridized carbons (Fsp3) is 0.154. The number of benzene rings is 3. The summed E-state index contributed by atoms with van der Waals surface area (Å²) in [5.74, 6) is 0. The van der Waals surface area contributed by atoms with Crippen molar-refractivity contribution in [3.8, 4) is 0 Å². The summed E-state index contributed by atoms with van der Waals surface area (Å²) in [4.78, 5) is 0. The molecule has 1 atom stereocenters. The van der Waals surface area contributed by atoms with Crippen molar-refractivity contribution in [2.45, 2.75) is 25.7 Å². The van der Waals surface area contributed by atoms with E-state index in [2.05, 4.69) is 98.1 Å². The Morgan fingerprint density at radius 1 is 0.821 bits per heavy atom. The second-order valence-corrected chi connectivity index (χ2v) is 7.65. The first-order valence-corrected chi connectivity index (χ1v) is 9.71. The van der Waals surface area contributed by atoms with E-state index in [0.717, 1.165) is 23.5 Å². The van der Waals surface area contributed by atoms with E-state index in [-0.39, 0.29) is 5.41 Å². The number of aryl methyl sites for hydroxylation is 2. The van der Waals surface area contributed by atoms with E-state index in [1.54, 1.807) is 0 Å². The number of nitrogens with one attached hydrogen (secondary N) is 1. The molecule has 3 aromatic carbocycles. The molecular formula is C26H26N2. The number of hydrogen-bond donors (Lipinski definition) is 2. The molecule has 1 aliphatic rings. The van der Waals surface area contributed by atoms with Crippen LogP contribution in [0.2, 0.25) is 0 Å². The van der Waals surface area contributed by atoms with Crippen LogP contribution in [0.25, 0.3) is 0 Å². The predicted octanol–water partition coefficient (Wildman–Crippen LogP) is 6.13. The minimum Gasteiger partial charge on any atom is -0.399 e. The van der Waals surface area contributed by atoms with Crippen molar-refractivity contribution in [1.82, 2.24) is 0 Å². The van der Waals surface area contributed by atoms with Gasteiger partial charge < -0.3 is 11.1 Å². The first-order valence-electron chi connectivity index (χ1n) is 9.71. The molecule has 0 saturated carbocycles. The summed E-state index contributed by atoms with van der Waals surface area (Å²) in [5, 5.41) is 3.54. The quantitative estimate of drug-likeness (QED) is 0.545. The van der Waals surface area contributed by atoms with Crippen LogP contribution in [0.3, 0.4) is 0 Å². The normalized spacial score (nSPS) is 18.6. The summed E-state index contributed by atoms with van der Waals surface area (Å²) >= 11 is 0. The maximum Gasteiger partial charge on any atom is 0.0421 e. The van der Waals surface area contributed by atoms with Crippen LogP contribution in [0.4, 0.5) is 11.4 Å². The Hall–Kier alpha value is -3.26. The van der Waals surface area contributed by atoms with E-state index in [4.69, 9.17) is 5.73 Å². The molecule has 0 bridgehead atoms. The van der Waals surface area contributed by atoms with Gasteiger partial charge >= 0.3 is 0 Å². The Bertz CT molecular complexity index is 1040. The molecule has 0 aliphatic heterocycles. The lowest BCUT2D eigenvalue weighted by atomic mass is 9.70. The van der Waals surface area contributed by atoms with Crippen molar-refractivity contribution in [2.75, 3.05) is 11.1 Å². The van der Waals surface area contributed by atoms with Gasteiger partial charge in [-0.1, -0.05) is 66.2 Å². The maximum atomic E-state index is 5.94. The Morgan fingerprint density at radius 3 is 2.18 bits per heavy atom. The van der Waals surface area contributed by atoms with Crippen LogP contribution >= 0.6 is 0 Å². The minimum absolute atomic E-state index is 0.183. The number of rotatable bonds is 4. The van der Waals surface area contributed by atoms with Crippen molar-refractivity contribution < 1.29 is 0 Å². The third-order valence-corrected chi connectivity index (χ3v) is 5.46. The van der Waals surface area contributed by atoms with Crippen LogP contribution in [0.5, 0.6) is 0 Å². The molecule has 0 aromatic heterocycles. The molecule has 0 amide bonds. The SMILES string of the molecule is Cc1cccc(NC2=CCC(c3ccc(N)cc3)(c3cccc(C)c3)C=C2)c1. The van der Waals surface area contributed by atoms with E-state index in [0.29, 0.717) is 0 Å². The molecular weight excluding hydrogens is 340 g/mol. The molecule has 1 unspecified atom stereocenters. The van der Waals surface area contributed by atoms with Crippen LogP contribution in [-0.2, 0) is 5.41 Å². The molecule has 3 aromatic rings.